The number of rotatable bonds is 3. The maximum Gasteiger partial charge on any atom is 0.255 e. The van der Waals surface area contributed by atoms with Crippen molar-refractivity contribution < 1.29 is 9.90 Å². The molecule has 0 aromatic heterocycles. The lowest BCUT2D eigenvalue weighted by molar-refractivity contribution is 0.0781. The second kappa shape index (κ2) is 6.51. The zero-order chi connectivity index (χ0) is 15.5. The SMILES string of the molecule is O=C(c1ccccc1Cl)N1CC(CO)C(c2ccccc2)C1. The molecular formula is C18H18ClNO2. The molecule has 2 atom stereocenters. The van der Waals surface area contributed by atoms with E-state index >= 15 is 0 Å². The van der Waals surface area contributed by atoms with Crippen LogP contribution in [0.4, 0.5) is 0 Å². The Hall–Kier alpha value is -1.84. The van der Waals surface area contributed by atoms with Crippen LogP contribution < -0.4 is 0 Å². The minimum absolute atomic E-state index is 0.0637. The first kappa shape index (κ1) is 15.1. The third-order valence-corrected chi connectivity index (χ3v) is 4.62. The fourth-order valence-electron chi connectivity index (χ4n) is 3.10. The van der Waals surface area contributed by atoms with Gasteiger partial charge < -0.3 is 10.0 Å². The highest BCUT2D eigenvalue weighted by Crippen LogP contribution is 2.33. The van der Waals surface area contributed by atoms with Crippen LogP contribution in [-0.2, 0) is 0 Å². The van der Waals surface area contributed by atoms with Crippen molar-refractivity contribution in [1.29, 1.82) is 0 Å². The molecule has 0 aliphatic carbocycles. The third-order valence-electron chi connectivity index (χ3n) is 4.29. The number of hydrogen-bond acceptors (Lipinski definition) is 2. The molecule has 1 saturated heterocycles. The topological polar surface area (TPSA) is 40.5 Å². The minimum atomic E-state index is -0.0671. The van der Waals surface area contributed by atoms with Crippen LogP contribution in [0, 0.1) is 5.92 Å². The highest BCUT2D eigenvalue weighted by Gasteiger charge is 2.36. The van der Waals surface area contributed by atoms with Crippen LogP contribution >= 0.6 is 11.6 Å². The number of aliphatic hydroxyl groups excluding tert-OH is 1. The Bertz CT molecular complexity index is 659. The maximum atomic E-state index is 12.7. The van der Waals surface area contributed by atoms with Crippen LogP contribution in [0.25, 0.3) is 0 Å². The van der Waals surface area contributed by atoms with Gasteiger partial charge in [0.2, 0.25) is 0 Å². The number of carbonyl (C=O) groups is 1. The molecule has 1 aliphatic heterocycles. The first-order valence-electron chi connectivity index (χ1n) is 7.40. The Morgan fingerprint density at radius 3 is 2.45 bits per heavy atom. The lowest BCUT2D eigenvalue weighted by Gasteiger charge is -2.17. The van der Waals surface area contributed by atoms with Gasteiger partial charge in [-0.2, -0.15) is 0 Å². The Morgan fingerprint density at radius 2 is 1.77 bits per heavy atom. The van der Waals surface area contributed by atoms with Crippen molar-refractivity contribution in [3.8, 4) is 0 Å². The Labute approximate surface area is 135 Å². The molecule has 1 N–H and O–H groups in total. The molecule has 0 radical (unpaired) electrons. The molecular weight excluding hydrogens is 298 g/mol. The van der Waals surface area contributed by atoms with Gasteiger partial charge in [-0.25, -0.2) is 0 Å². The predicted molar refractivity (Wildman–Crippen MR) is 87.1 cm³/mol. The van der Waals surface area contributed by atoms with Gasteiger partial charge in [-0.05, 0) is 17.7 Å². The van der Waals surface area contributed by atoms with Crippen LogP contribution in [0.15, 0.2) is 54.6 Å². The molecule has 1 heterocycles. The fraction of sp³-hybridized carbons (Fsp3) is 0.278. The number of aliphatic hydroxyl groups is 1. The predicted octanol–water partition coefficient (Wildman–Crippen LogP) is 3.19. The summed E-state index contributed by atoms with van der Waals surface area (Å²) in [7, 11) is 0. The summed E-state index contributed by atoms with van der Waals surface area (Å²) >= 11 is 6.12. The lowest BCUT2D eigenvalue weighted by atomic mass is 9.90. The number of benzene rings is 2. The maximum absolute atomic E-state index is 12.7. The molecule has 22 heavy (non-hydrogen) atoms. The first-order valence-corrected chi connectivity index (χ1v) is 7.78. The van der Waals surface area contributed by atoms with Crippen LogP contribution in [0.5, 0.6) is 0 Å². The van der Waals surface area contributed by atoms with Crippen molar-refractivity contribution >= 4 is 17.5 Å². The summed E-state index contributed by atoms with van der Waals surface area (Å²) in [5.41, 5.74) is 1.69. The number of carbonyl (C=O) groups excluding carboxylic acids is 1. The smallest absolute Gasteiger partial charge is 0.255 e. The molecule has 2 unspecified atom stereocenters. The van der Waals surface area contributed by atoms with Gasteiger partial charge in [-0.15, -0.1) is 0 Å². The van der Waals surface area contributed by atoms with Gasteiger partial charge in [0.15, 0.2) is 0 Å². The van der Waals surface area contributed by atoms with E-state index in [1.165, 1.54) is 0 Å². The molecule has 1 aliphatic rings. The molecule has 0 saturated carbocycles. The van der Waals surface area contributed by atoms with Crippen molar-refractivity contribution in [2.45, 2.75) is 5.92 Å². The highest BCUT2D eigenvalue weighted by molar-refractivity contribution is 6.33. The molecule has 3 rings (SSSR count). The fourth-order valence-corrected chi connectivity index (χ4v) is 3.32. The summed E-state index contributed by atoms with van der Waals surface area (Å²) in [6.07, 6.45) is 0. The number of hydrogen-bond donors (Lipinski definition) is 1. The summed E-state index contributed by atoms with van der Waals surface area (Å²) in [6.45, 7) is 1.24. The molecule has 2 aromatic rings. The van der Waals surface area contributed by atoms with E-state index in [1.807, 2.05) is 30.3 Å². The van der Waals surface area contributed by atoms with Crippen molar-refractivity contribution in [3.05, 3.63) is 70.7 Å². The van der Waals surface area contributed by atoms with E-state index in [0.29, 0.717) is 23.7 Å². The van der Waals surface area contributed by atoms with Crippen LogP contribution in [0.1, 0.15) is 21.8 Å². The molecule has 1 amide bonds. The zero-order valence-corrected chi connectivity index (χ0v) is 12.9. The van der Waals surface area contributed by atoms with Gasteiger partial charge in [0, 0.05) is 31.5 Å². The number of likely N-dealkylation sites (tertiary alicyclic amines) is 1. The normalized spacial score (nSPS) is 21.1. The van der Waals surface area contributed by atoms with E-state index in [1.54, 1.807) is 17.0 Å². The van der Waals surface area contributed by atoms with Crippen molar-refractivity contribution in [2.24, 2.45) is 5.92 Å². The summed E-state index contributed by atoms with van der Waals surface area (Å²) < 4.78 is 0. The van der Waals surface area contributed by atoms with Gasteiger partial charge >= 0.3 is 0 Å². The minimum Gasteiger partial charge on any atom is -0.396 e. The second-order valence-electron chi connectivity index (χ2n) is 5.65. The van der Waals surface area contributed by atoms with E-state index in [2.05, 4.69) is 12.1 Å². The van der Waals surface area contributed by atoms with Crippen LogP contribution in [0.2, 0.25) is 5.02 Å². The summed E-state index contributed by atoms with van der Waals surface area (Å²) in [5, 5.41) is 10.1. The lowest BCUT2D eigenvalue weighted by Crippen LogP contribution is -2.29. The second-order valence-corrected chi connectivity index (χ2v) is 6.06. The number of amides is 1. The zero-order valence-electron chi connectivity index (χ0n) is 12.2. The average molecular weight is 316 g/mol. The van der Waals surface area contributed by atoms with E-state index in [9.17, 15) is 9.90 Å². The molecule has 0 spiro atoms. The molecule has 0 bridgehead atoms. The third kappa shape index (κ3) is 2.87. The summed E-state index contributed by atoms with van der Waals surface area (Å²) in [4.78, 5) is 14.5. The first-order chi connectivity index (χ1) is 10.7. The number of nitrogens with zero attached hydrogens (tertiary/aromatic N) is 1. The largest absolute Gasteiger partial charge is 0.396 e. The van der Waals surface area contributed by atoms with E-state index in [-0.39, 0.29) is 24.3 Å². The molecule has 3 nitrogen and oxygen atoms in total. The van der Waals surface area contributed by atoms with Crippen LogP contribution in [0.3, 0.4) is 0 Å². The van der Waals surface area contributed by atoms with Crippen LogP contribution in [-0.4, -0.2) is 35.6 Å². The Balaban J connectivity index is 1.83. The monoisotopic (exact) mass is 315 g/mol. The van der Waals surface area contributed by atoms with Gasteiger partial charge in [0.05, 0.1) is 10.6 Å². The van der Waals surface area contributed by atoms with Crippen molar-refractivity contribution in [1.82, 2.24) is 4.90 Å². The standard InChI is InChI=1S/C18H18ClNO2/c19-17-9-5-4-8-15(17)18(22)20-10-14(12-21)16(11-20)13-6-2-1-3-7-13/h1-9,14,16,21H,10-12H2. The average Bonchev–Trinajstić information content (AvgIpc) is 3.00. The van der Waals surface area contributed by atoms with Gasteiger partial charge in [0.1, 0.15) is 0 Å². The molecule has 2 aromatic carbocycles. The number of halogens is 1. The van der Waals surface area contributed by atoms with E-state index in [4.69, 9.17) is 11.6 Å². The Kier molecular flexibility index (Phi) is 4.46. The highest BCUT2D eigenvalue weighted by atomic mass is 35.5. The Morgan fingerprint density at radius 1 is 1.09 bits per heavy atom. The molecule has 4 heteroatoms. The van der Waals surface area contributed by atoms with Gasteiger partial charge in [-0.1, -0.05) is 54.1 Å². The van der Waals surface area contributed by atoms with E-state index < -0.39 is 0 Å². The van der Waals surface area contributed by atoms with E-state index in [0.717, 1.165) is 5.56 Å². The summed E-state index contributed by atoms with van der Waals surface area (Å²) in [6, 6.07) is 17.1. The van der Waals surface area contributed by atoms with Gasteiger partial charge in [0.25, 0.3) is 5.91 Å². The van der Waals surface area contributed by atoms with Crippen molar-refractivity contribution in [3.63, 3.8) is 0 Å². The molecule has 114 valence electrons. The van der Waals surface area contributed by atoms with Gasteiger partial charge in [-0.3, -0.25) is 4.79 Å². The van der Waals surface area contributed by atoms with Crippen molar-refractivity contribution in [2.75, 3.05) is 19.7 Å². The summed E-state index contributed by atoms with van der Waals surface area (Å²) in [5.74, 6) is 0.161. The molecule has 1 fully saturated rings. The quantitative estimate of drug-likeness (QED) is 0.945.